The zero-order valence-electron chi connectivity index (χ0n) is 13.2. The van der Waals surface area contributed by atoms with Crippen LogP contribution in [0.15, 0.2) is 42.5 Å². The molecule has 0 heterocycles. The molecule has 0 aliphatic heterocycles. The highest BCUT2D eigenvalue weighted by atomic mass is 16.1. The van der Waals surface area contributed by atoms with Crippen molar-refractivity contribution < 1.29 is 4.79 Å². The molecule has 110 valence electrons. The predicted octanol–water partition coefficient (Wildman–Crippen LogP) is 5.07. The number of carbonyl (C=O) groups excluding carboxylic acids is 1. The molecule has 1 N–H and O–H groups in total. The second-order valence-electron chi connectivity index (χ2n) is 5.76. The summed E-state index contributed by atoms with van der Waals surface area (Å²) in [6.45, 7) is 8.40. The number of hydrogen-bond donors (Lipinski definition) is 1. The van der Waals surface area contributed by atoms with E-state index in [1.165, 1.54) is 5.56 Å². The lowest BCUT2D eigenvalue weighted by Gasteiger charge is -2.11. The molecule has 2 aromatic carbocycles. The predicted molar refractivity (Wildman–Crippen MR) is 89.0 cm³/mol. The molecule has 0 saturated heterocycles. The lowest BCUT2D eigenvalue weighted by atomic mass is 9.98. The minimum atomic E-state index is -0.0573. The van der Waals surface area contributed by atoms with Gasteiger partial charge in [-0.3, -0.25) is 4.79 Å². The normalized spacial score (nSPS) is 12.0. The molecule has 2 nitrogen and oxygen atoms in total. The standard InChI is InChI=1S/C19H23NO/c1-5-15(4)16-6-8-18(9-7-16)20-19(21)17-11-13(2)10-14(3)12-17/h6-12,15H,5H2,1-4H3,(H,20,21). The fraction of sp³-hybridized carbons (Fsp3) is 0.316. The van der Waals surface area contributed by atoms with E-state index in [4.69, 9.17) is 0 Å². The molecule has 2 heteroatoms. The van der Waals surface area contributed by atoms with Crippen LogP contribution in [-0.4, -0.2) is 5.91 Å². The van der Waals surface area contributed by atoms with Crippen molar-refractivity contribution in [1.29, 1.82) is 0 Å². The molecule has 0 radical (unpaired) electrons. The van der Waals surface area contributed by atoms with E-state index in [-0.39, 0.29) is 5.91 Å². The van der Waals surface area contributed by atoms with Crippen molar-refractivity contribution in [3.8, 4) is 0 Å². The van der Waals surface area contributed by atoms with Gasteiger partial charge in [0.05, 0.1) is 0 Å². The minimum Gasteiger partial charge on any atom is -0.322 e. The van der Waals surface area contributed by atoms with Gasteiger partial charge in [-0.2, -0.15) is 0 Å². The number of carbonyl (C=O) groups is 1. The van der Waals surface area contributed by atoms with Crippen molar-refractivity contribution in [1.82, 2.24) is 0 Å². The Morgan fingerprint density at radius 3 is 2.14 bits per heavy atom. The van der Waals surface area contributed by atoms with Gasteiger partial charge in [-0.1, -0.05) is 43.2 Å². The highest BCUT2D eigenvalue weighted by molar-refractivity contribution is 6.04. The van der Waals surface area contributed by atoms with Crippen LogP contribution in [0, 0.1) is 13.8 Å². The molecule has 1 unspecified atom stereocenters. The maximum absolute atomic E-state index is 12.3. The van der Waals surface area contributed by atoms with Gasteiger partial charge in [0.15, 0.2) is 0 Å². The van der Waals surface area contributed by atoms with Gasteiger partial charge in [0.25, 0.3) is 5.91 Å². The molecule has 1 amide bonds. The van der Waals surface area contributed by atoms with Crippen LogP contribution < -0.4 is 5.32 Å². The maximum atomic E-state index is 12.3. The number of aryl methyl sites for hydroxylation is 2. The zero-order valence-corrected chi connectivity index (χ0v) is 13.2. The largest absolute Gasteiger partial charge is 0.322 e. The summed E-state index contributed by atoms with van der Waals surface area (Å²) >= 11 is 0. The van der Waals surface area contributed by atoms with Gasteiger partial charge < -0.3 is 5.32 Å². The first-order chi connectivity index (χ1) is 9.99. The van der Waals surface area contributed by atoms with Crippen LogP contribution in [0.1, 0.15) is 53.2 Å². The number of benzene rings is 2. The molecule has 0 aliphatic rings. The molecule has 0 saturated carbocycles. The van der Waals surface area contributed by atoms with E-state index in [0.29, 0.717) is 11.5 Å². The lowest BCUT2D eigenvalue weighted by molar-refractivity contribution is 0.102. The minimum absolute atomic E-state index is 0.0573. The van der Waals surface area contributed by atoms with Crippen LogP contribution in [0.2, 0.25) is 0 Å². The van der Waals surface area contributed by atoms with Crippen molar-refractivity contribution in [3.05, 3.63) is 64.7 Å². The lowest BCUT2D eigenvalue weighted by Crippen LogP contribution is -2.12. The Morgan fingerprint density at radius 2 is 1.62 bits per heavy atom. The molecule has 0 aromatic heterocycles. The Morgan fingerprint density at radius 1 is 1.05 bits per heavy atom. The maximum Gasteiger partial charge on any atom is 0.255 e. The number of hydrogen-bond acceptors (Lipinski definition) is 1. The number of amides is 1. The first-order valence-corrected chi connectivity index (χ1v) is 7.49. The monoisotopic (exact) mass is 281 g/mol. The number of anilines is 1. The molecule has 0 spiro atoms. The summed E-state index contributed by atoms with van der Waals surface area (Å²) in [6.07, 6.45) is 1.12. The van der Waals surface area contributed by atoms with Crippen LogP contribution in [0.25, 0.3) is 0 Å². The summed E-state index contributed by atoms with van der Waals surface area (Å²) in [4.78, 5) is 12.3. The second kappa shape index (κ2) is 6.57. The van der Waals surface area contributed by atoms with Gasteiger partial charge >= 0.3 is 0 Å². The highest BCUT2D eigenvalue weighted by Crippen LogP contribution is 2.21. The highest BCUT2D eigenvalue weighted by Gasteiger charge is 2.08. The first-order valence-electron chi connectivity index (χ1n) is 7.49. The Kier molecular flexibility index (Phi) is 4.79. The third-order valence-electron chi connectivity index (χ3n) is 3.83. The third-order valence-corrected chi connectivity index (χ3v) is 3.83. The van der Waals surface area contributed by atoms with Crippen molar-refractivity contribution in [3.63, 3.8) is 0 Å². The van der Waals surface area contributed by atoms with Crippen LogP contribution >= 0.6 is 0 Å². The Hall–Kier alpha value is -2.09. The molecular weight excluding hydrogens is 258 g/mol. The van der Waals surface area contributed by atoms with E-state index in [1.54, 1.807) is 0 Å². The average molecular weight is 281 g/mol. The quantitative estimate of drug-likeness (QED) is 0.833. The zero-order chi connectivity index (χ0) is 15.4. The van der Waals surface area contributed by atoms with E-state index in [1.807, 2.05) is 38.1 Å². The molecule has 2 aromatic rings. The third kappa shape index (κ3) is 3.94. The summed E-state index contributed by atoms with van der Waals surface area (Å²) in [5.41, 5.74) is 5.06. The van der Waals surface area contributed by atoms with E-state index in [0.717, 1.165) is 23.2 Å². The van der Waals surface area contributed by atoms with Crippen LogP contribution in [0.3, 0.4) is 0 Å². The molecule has 0 bridgehead atoms. The summed E-state index contributed by atoms with van der Waals surface area (Å²) in [5.74, 6) is 0.493. The fourth-order valence-electron chi connectivity index (χ4n) is 2.44. The first kappa shape index (κ1) is 15.3. The van der Waals surface area contributed by atoms with E-state index >= 15 is 0 Å². The smallest absolute Gasteiger partial charge is 0.255 e. The van der Waals surface area contributed by atoms with Gasteiger partial charge in [0.2, 0.25) is 0 Å². The van der Waals surface area contributed by atoms with Crippen molar-refractivity contribution >= 4 is 11.6 Å². The van der Waals surface area contributed by atoms with Crippen molar-refractivity contribution in [2.75, 3.05) is 5.32 Å². The summed E-state index contributed by atoms with van der Waals surface area (Å²) < 4.78 is 0. The van der Waals surface area contributed by atoms with Gasteiger partial charge in [-0.05, 0) is 56.0 Å². The molecule has 2 rings (SSSR count). The van der Waals surface area contributed by atoms with Crippen LogP contribution in [0.5, 0.6) is 0 Å². The second-order valence-corrected chi connectivity index (χ2v) is 5.76. The van der Waals surface area contributed by atoms with E-state index < -0.39 is 0 Å². The van der Waals surface area contributed by atoms with Crippen LogP contribution in [0.4, 0.5) is 5.69 Å². The summed E-state index contributed by atoms with van der Waals surface area (Å²) in [7, 11) is 0. The molecule has 21 heavy (non-hydrogen) atoms. The van der Waals surface area contributed by atoms with E-state index in [9.17, 15) is 4.79 Å². The van der Waals surface area contributed by atoms with Gasteiger partial charge in [-0.25, -0.2) is 0 Å². The summed E-state index contributed by atoms with van der Waals surface area (Å²) in [6, 6.07) is 14.0. The Bertz CT molecular complexity index is 608. The van der Waals surface area contributed by atoms with Gasteiger partial charge in [0.1, 0.15) is 0 Å². The number of rotatable bonds is 4. The molecular formula is C19H23NO. The topological polar surface area (TPSA) is 29.1 Å². The van der Waals surface area contributed by atoms with Crippen molar-refractivity contribution in [2.45, 2.75) is 40.0 Å². The van der Waals surface area contributed by atoms with Crippen molar-refractivity contribution in [2.24, 2.45) is 0 Å². The Balaban J connectivity index is 2.12. The molecule has 1 atom stereocenters. The average Bonchev–Trinajstić information content (AvgIpc) is 2.46. The number of nitrogens with one attached hydrogen (secondary N) is 1. The Labute approximate surface area is 127 Å². The SMILES string of the molecule is CCC(C)c1ccc(NC(=O)c2cc(C)cc(C)c2)cc1. The fourth-order valence-corrected chi connectivity index (χ4v) is 2.44. The summed E-state index contributed by atoms with van der Waals surface area (Å²) in [5, 5.41) is 2.96. The van der Waals surface area contributed by atoms with Gasteiger partial charge in [-0.15, -0.1) is 0 Å². The van der Waals surface area contributed by atoms with Gasteiger partial charge in [0, 0.05) is 11.3 Å². The van der Waals surface area contributed by atoms with Crippen LogP contribution in [-0.2, 0) is 0 Å². The molecule has 0 aliphatic carbocycles. The molecule has 0 fully saturated rings. The van der Waals surface area contributed by atoms with E-state index in [2.05, 4.69) is 37.4 Å².